The van der Waals surface area contributed by atoms with Crippen molar-refractivity contribution in [1.82, 2.24) is 4.90 Å². The van der Waals surface area contributed by atoms with E-state index in [4.69, 9.17) is 14.2 Å². The summed E-state index contributed by atoms with van der Waals surface area (Å²) in [4.78, 5) is 27.1. The summed E-state index contributed by atoms with van der Waals surface area (Å²) in [6.07, 6.45) is 0. The molecule has 2 aromatic rings. The summed E-state index contributed by atoms with van der Waals surface area (Å²) >= 11 is 0. The van der Waals surface area contributed by atoms with Crippen LogP contribution < -0.4 is 19.5 Å². The Morgan fingerprint density at radius 3 is 2.70 bits per heavy atom. The first-order chi connectivity index (χ1) is 12.9. The SMILES string of the molecule is Cc1ccc2c(c1)NC(=O)C(C)(C(=O)N(C)Cc1ccc3c(c1)OCO3)O2. The molecule has 2 aliphatic rings. The van der Waals surface area contributed by atoms with Gasteiger partial charge in [-0.3, -0.25) is 9.59 Å². The zero-order valence-corrected chi connectivity index (χ0v) is 15.4. The van der Waals surface area contributed by atoms with Crippen LogP contribution in [0.3, 0.4) is 0 Å². The zero-order chi connectivity index (χ0) is 19.2. The Hall–Kier alpha value is -3.22. The Balaban J connectivity index is 1.54. The third kappa shape index (κ3) is 2.95. The van der Waals surface area contributed by atoms with E-state index in [1.165, 1.54) is 11.8 Å². The molecule has 1 atom stereocenters. The highest BCUT2D eigenvalue weighted by atomic mass is 16.7. The van der Waals surface area contributed by atoms with Crippen LogP contribution in [0.5, 0.6) is 17.2 Å². The van der Waals surface area contributed by atoms with E-state index in [2.05, 4.69) is 5.32 Å². The number of ether oxygens (including phenoxy) is 3. The van der Waals surface area contributed by atoms with Gasteiger partial charge in [-0.2, -0.15) is 0 Å². The molecule has 7 heteroatoms. The molecule has 2 aromatic carbocycles. The Morgan fingerprint density at radius 2 is 1.89 bits per heavy atom. The molecule has 4 rings (SSSR count). The van der Waals surface area contributed by atoms with Crippen LogP contribution in [0.1, 0.15) is 18.1 Å². The number of nitrogens with one attached hydrogen (secondary N) is 1. The van der Waals surface area contributed by atoms with Crippen molar-refractivity contribution in [1.29, 1.82) is 0 Å². The molecule has 0 aromatic heterocycles. The van der Waals surface area contributed by atoms with Crippen molar-refractivity contribution in [2.24, 2.45) is 0 Å². The van der Waals surface area contributed by atoms with E-state index in [9.17, 15) is 9.59 Å². The number of fused-ring (bicyclic) bond motifs is 2. The molecule has 0 fully saturated rings. The normalized spacial score (nSPS) is 19.7. The van der Waals surface area contributed by atoms with Gasteiger partial charge in [0, 0.05) is 13.6 Å². The first-order valence-electron chi connectivity index (χ1n) is 8.62. The average molecular weight is 368 g/mol. The molecule has 0 saturated heterocycles. The van der Waals surface area contributed by atoms with Crippen molar-refractivity contribution in [3.8, 4) is 17.2 Å². The second kappa shape index (κ2) is 6.19. The van der Waals surface area contributed by atoms with E-state index in [0.29, 0.717) is 29.5 Å². The second-order valence-electron chi connectivity index (χ2n) is 6.94. The maximum Gasteiger partial charge on any atom is 0.278 e. The highest BCUT2D eigenvalue weighted by molar-refractivity contribution is 6.15. The van der Waals surface area contributed by atoms with Crippen LogP contribution in [0, 0.1) is 6.92 Å². The van der Waals surface area contributed by atoms with E-state index in [1.807, 2.05) is 31.2 Å². The first kappa shape index (κ1) is 17.2. The van der Waals surface area contributed by atoms with Gasteiger partial charge in [0.25, 0.3) is 17.4 Å². The number of carbonyl (C=O) groups is 2. The van der Waals surface area contributed by atoms with Gasteiger partial charge in [0.2, 0.25) is 6.79 Å². The van der Waals surface area contributed by atoms with Crippen molar-refractivity contribution < 1.29 is 23.8 Å². The summed E-state index contributed by atoms with van der Waals surface area (Å²) in [5.41, 5.74) is 0.801. The Morgan fingerprint density at radius 1 is 1.15 bits per heavy atom. The third-order valence-corrected chi connectivity index (χ3v) is 4.74. The quantitative estimate of drug-likeness (QED) is 0.843. The highest BCUT2D eigenvalue weighted by Gasteiger charge is 2.48. The van der Waals surface area contributed by atoms with Gasteiger partial charge in [-0.1, -0.05) is 12.1 Å². The number of nitrogens with zero attached hydrogens (tertiary/aromatic N) is 1. The topological polar surface area (TPSA) is 77.1 Å². The molecular formula is C20H20N2O5. The molecule has 2 aliphatic heterocycles. The predicted molar refractivity (Wildman–Crippen MR) is 97.9 cm³/mol. The molecule has 27 heavy (non-hydrogen) atoms. The van der Waals surface area contributed by atoms with Crippen LogP contribution in [0.2, 0.25) is 0 Å². The molecule has 2 amide bonds. The number of aryl methyl sites for hydroxylation is 1. The number of rotatable bonds is 3. The molecule has 2 heterocycles. The lowest BCUT2D eigenvalue weighted by Gasteiger charge is -2.36. The Bertz CT molecular complexity index is 942. The number of benzene rings is 2. The van der Waals surface area contributed by atoms with Gasteiger partial charge in [-0.05, 0) is 49.2 Å². The zero-order valence-electron chi connectivity index (χ0n) is 15.4. The van der Waals surface area contributed by atoms with Crippen LogP contribution in [-0.2, 0) is 16.1 Å². The van der Waals surface area contributed by atoms with Crippen molar-refractivity contribution in [3.05, 3.63) is 47.5 Å². The average Bonchev–Trinajstić information content (AvgIpc) is 3.10. The van der Waals surface area contributed by atoms with Gasteiger partial charge in [-0.25, -0.2) is 0 Å². The molecule has 0 saturated carbocycles. The van der Waals surface area contributed by atoms with Crippen molar-refractivity contribution in [3.63, 3.8) is 0 Å². The van der Waals surface area contributed by atoms with Crippen molar-refractivity contribution >= 4 is 17.5 Å². The van der Waals surface area contributed by atoms with E-state index in [1.54, 1.807) is 19.2 Å². The fourth-order valence-corrected chi connectivity index (χ4v) is 3.23. The lowest BCUT2D eigenvalue weighted by Crippen LogP contribution is -2.58. The van der Waals surface area contributed by atoms with Crippen LogP contribution in [0.4, 0.5) is 5.69 Å². The molecular weight excluding hydrogens is 348 g/mol. The summed E-state index contributed by atoms with van der Waals surface area (Å²) in [6, 6.07) is 10.9. The van der Waals surface area contributed by atoms with Gasteiger partial charge in [0.15, 0.2) is 11.5 Å². The number of hydrogen-bond donors (Lipinski definition) is 1. The minimum atomic E-state index is -1.63. The molecule has 1 N–H and O–H groups in total. The second-order valence-corrected chi connectivity index (χ2v) is 6.94. The molecule has 0 radical (unpaired) electrons. The van der Waals surface area contributed by atoms with Crippen molar-refractivity contribution in [2.45, 2.75) is 26.0 Å². The van der Waals surface area contributed by atoms with E-state index in [-0.39, 0.29) is 6.79 Å². The first-order valence-corrected chi connectivity index (χ1v) is 8.62. The van der Waals surface area contributed by atoms with Gasteiger partial charge in [0.1, 0.15) is 5.75 Å². The van der Waals surface area contributed by atoms with Gasteiger partial charge >= 0.3 is 0 Å². The molecule has 0 spiro atoms. The maximum absolute atomic E-state index is 13.0. The Labute approximate surface area is 156 Å². The van der Waals surface area contributed by atoms with Gasteiger partial charge < -0.3 is 24.4 Å². The highest BCUT2D eigenvalue weighted by Crippen LogP contribution is 2.36. The fourth-order valence-electron chi connectivity index (χ4n) is 3.23. The van der Waals surface area contributed by atoms with Gasteiger partial charge in [-0.15, -0.1) is 0 Å². The minimum absolute atomic E-state index is 0.193. The molecule has 0 bridgehead atoms. The van der Waals surface area contributed by atoms with Crippen LogP contribution in [-0.4, -0.2) is 36.2 Å². The summed E-state index contributed by atoms with van der Waals surface area (Å²) in [7, 11) is 1.64. The van der Waals surface area contributed by atoms with Crippen molar-refractivity contribution in [2.75, 3.05) is 19.2 Å². The summed E-state index contributed by atoms with van der Waals surface area (Å²) < 4.78 is 16.5. The maximum atomic E-state index is 13.0. The van der Waals surface area contributed by atoms with Crippen LogP contribution in [0.15, 0.2) is 36.4 Å². The van der Waals surface area contributed by atoms with E-state index < -0.39 is 17.4 Å². The number of likely N-dealkylation sites (N-methyl/N-ethyl adjacent to an activating group) is 1. The molecule has 7 nitrogen and oxygen atoms in total. The predicted octanol–water partition coefficient (Wildman–Crippen LogP) is 2.47. The smallest absolute Gasteiger partial charge is 0.278 e. The number of carbonyl (C=O) groups excluding carboxylic acids is 2. The minimum Gasteiger partial charge on any atom is -0.466 e. The van der Waals surface area contributed by atoms with Crippen LogP contribution >= 0.6 is 0 Å². The standard InChI is InChI=1S/C20H20N2O5/c1-12-4-6-15-14(8-12)21-18(23)20(2,27-15)19(24)22(3)10-13-5-7-16-17(9-13)26-11-25-16/h4-9H,10-11H2,1-3H3,(H,21,23). The van der Waals surface area contributed by atoms with E-state index in [0.717, 1.165) is 11.1 Å². The van der Waals surface area contributed by atoms with Gasteiger partial charge in [0.05, 0.1) is 5.69 Å². The molecule has 1 unspecified atom stereocenters. The summed E-state index contributed by atoms with van der Waals surface area (Å²) in [5, 5.41) is 2.78. The summed E-state index contributed by atoms with van der Waals surface area (Å²) in [6.45, 7) is 3.91. The monoisotopic (exact) mass is 368 g/mol. The van der Waals surface area contributed by atoms with Crippen LogP contribution in [0.25, 0.3) is 0 Å². The Kier molecular flexibility index (Phi) is 3.95. The lowest BCUT2D eigenvalue weighted by atomic mass is 10.00. The van der Waals surface area contributed by atoms with E-state index >= 15 is 0 Å². The molecule has 140 valence electrons. The summed E-state index contributed by atoms with van der Waals surface area (Å²) in [5.74, 6) is 0.900. The lowest BCUT2D eigenvalue weighted by molar-refractivity contribution is -0.154. The third-order valence-electron chi connectivity index (χ3n) is 4.74. The number of anilines is 1. The number of hydrogen-bond acceptors (Lipinski definition) is 5. The largest absolute Gasteiger partial charge is 0.466 e. The number of amides is 2. The fraction of sp³-hybridized carbons (Fsp3) is 0.300. The molecule has 0 aliphatic carbocycles.